The molecule has 7 heteroatoms. The largest absolute Gasteiger partial charge is 0.275 e. The molecule has 0 N–H and O–H groups in total. The van der Waals surface area contributed by atoms with E-state index < -0.39 is 21.1 Å². The van der Waals surface area contributed by atoms with Gasteiger partial charge in [0.05, 0.1) is 25.7 Å². The second-order valence-electron chi connectivity index (χ2n) is 2.22. The van der Waals surface area contributed by atoms with Gasteiger partial charge in [0.15, 0.2) is 5.82 Å². The van der Waals surface area contributed by atoms with E-state index in [1.807, 2.05) is 0 Å². The van der Waals surface area contributed by atoms with Crippen LogP contribution in [0.25, 0.3) is 0 Å². The van der Waals surface area contributed by atoms with E-state index >= 15 is 0 Å². The molecule has 76 valence electrons. The van der Waals surface area contributed by atoms with Crippen LogP contribution in [0.15, 0.2) is 0 Å². The maximum atomic E-state index is 13.2. The lowest BCUT2D eigenvalue weighted by Crippen LogP contribution is -1.97. The van der Waals surface area contributed by atoms with Gasteiger partial charge in [-0.2, -0.15) is 0 Å². The Morgan fingerprint density at radius 1 is 0.929 bits per heavy atom. The standard InChI is InChI=1S/C7Cl5FO/c8-2-1(7(12)14)3(9)6(13)5(11)4(2)10. The quantitative estimate of drug-likeness (QED) is 0.412. The summed E-state index contributed by atoms with van der Waals surface area (Å²) >= 11 is 27.2. The zero-order valence-corrected chi connectivity index (χ0v) is 9.96. The molecule has 1 aromatic carbocycles. The molecule has 0 heterocycles. The molecule has 1 nitrogen and oxygen atoms in total. The van der Waals surface area contributed by atoms with E-state index in [1.54, 1.807) is 0 Å². The molecule has 0 aliphatic carbocycles. The van der Waals surface area contributed by atoms with Crippen molar-refractivity contribution in [3.63, 3.8) is 0 Å². The Kier molecular flexibility index (Phi) is 3.89. The normalized spacial score (nSPS) is 10.4. The molecule has 0 spiro atoms. The number of carbonyl (C=O) groups is 1. The van der Waals surface area contributed by atoms with E-state index in [-0.39, 0.29) is 15.6 Å². The van der Waals surface area contributed by atoms with Crippen LogP contribution in [0.3, 0.4) is 0 Å². The van der Waals surface area contributed by atoms with Crippen molar-refractivity contribution in [1.29, 1.82) is 0 Å². The van der Waals surface area contributed by atoms with Crippen LogP contribution in [0.5, 0.6) is 0 Å². The molecule has 0 bridgehead atoms. The van der Waals surface area contributed by atoms with Crippen LogP contribution in [0, 0.1) is 5.82 Å². The van der Waals surface area contributed by atoms with Crippen molar-refractivity contribution in [2.75, 3.05) is 0 Å². The zero-order chi connectivity index (χ0) is 11.0. The van der Waals surface area contributed by atoms with Gasteiger partial charge < -0.3 is 0 Å². The minimum absolute atomic E-state index is 0.261. The van der Waals surface area contributed by atoms with E-state index in [0.29, 0.717) is 0 Å². The van der Waals surface area contributed by atoms with Gasteiger partial charge in [0.25, 0.3) is 5.24 Å². The second-order valence-corrected chi connectivity index (χ2v) is 4.07. The molecule has 0 saturated heterocycles. The molecule has 0 aromatic heterocycles. The highest BCUT2D eigenvalue weighted by molar-refractivity contribution is 6.70. The molecular formula is C7Cl5FO. The first kappa shape index (κ1) is 12.3. The minimum Gasteiger partial charge on any atom is -0.275 e. The maximum Gasteiger partial charge on any atom is 0.255 e. The van der Waals surface area contributed by atoms with Gasteiger partial charge >= 0.3 is 0 Å². The topological polar surface area (TPSA) is 17.1 Å². The summed E-state index contributed by atoms with van der Waals surface area (Å²) in [6, 6.07) is 0. The van der Waals surface area contributed by atoms with E-state index in [1.165, 1.54) is 0 Å². The van der Waals surface area contributed by atoms with Crippen LogP contribution < -0.4 is 0 Å². The number of carbonyl (C=O) groups excluding carboxylic acids is 1. The lowest BCUT2D eigenvalue weighted by atomic mass is 10.2. The average molecular weight is 296 g/mol. The molecule has 0 radical (unpaired) electrons. The van der Waals surface area contributed by atoms with Crippen molar-refractivity contribution in [1.82, 2.24) is 0 Å². The van der Waals surface area contributed by atoms with Crippen molar-refractivity contribution in [3.05, 3.63) is 31.5 Å². The molecule has 0 unspecified atom stereocenters. The van der Waals surface area contributed by atoms with Gasteiger partial charge in [0.2, 0.25) is 0 Å². The molecule has 0 aliphatic heterocycles. The third-order valence-electron chi connectivity index (χ3n) is 1.41. The number of benzene rings is 1. The lowest BCUT2D eigenvalue weighted by molar-refractivity contribution is 0.108. The van der Waals surface area contributed by atoms with Crippen molar-refractivity contribution >= 4 is 63.2 Å². The monoisotopic (exact) mass is 294 g/mol. The van der Waals surface area contributed by atoms with Crippen molar-refractivity contribution in [3.8, 4) is 0 Å². The Bertz CT molecular complexity index is 388. The summed E-state index contributed by atoms with van der Waals surface area (Å²) in [6.07, 6.45) is 0. The minimum atomic E-state index is -1.02. The fourth-order valence-corrected chi connectivity index (χ4v) is 2.12. The Hall–Kier alpha value is 0.270. The van der Waals surface area contributed by atoms with E-state index in [4.69, 9.17) is 58.0 Å². The third kappa shape index (κ3) is 1.95. The van der Waals surface area contributed by atoms with Crippen LogP contribution in [-0.4, -0.2) is 5.24 Å². The van der Waals surface area contributed by atoms with Crippen LogP contribution in [-0.2, 0) is 0 Å². The van der Waals surface area contributed by atoms with Gasteiger partial charge in [0, 0.05) is 0 Å². The van der Waals surface area contributed by atoms with Gasteiger partial charge in [-0.15, -0.1) is 0 Å². The van der Waals surface area contributed by atoms with Gasteiger partial charge in [-0.05, 0) is 11.6 Å². The summed E-state index contributed by atoms with van der Waals surface area (Å²) < 4.78 is 13.2. The number of hydrogen-bond donors (Lipinski definition) is 0. The predicted octanol–water partition coefficient (Wildman–Crippen LogP) is 4.82. The van der Waals surface area contributed by atoms with Gasteiger partial charge in [-0.1, -0.05) is 46.4 Å². The maximum absolute atomic E-state index is 13.2. The first-order valence-electron chi connectivity index (χ1n) is 3.09. The highest BCUT2D eigenvalue weighted by Gasteiger charge is 2.23. The summed E-state index contributed by atoms with van der Waals surface area (Å²) in [5.41, 5.74) is -0.387. The van der Waals surface area contributed by atoms with Crippen LogP contribution in [0.1, 0.15) is 10.4 Å². The Labute approximate surface area is 104 Å². The molecule has 0 saturated carbocycles. The summed E-state index contributed by atoms with van der Waals surface area (Å²) in [5.74, 6) is -1.02. The molecule has 0 aliphatic rings. The Balaban J connectivity index is 3.68. The van der Waals surface area contributed by atoms with Gasteiger partial charge in [-0.25, -0.2) is 4.39 Å². The Morgan fingerprint density at radius 2 is 1.43 bits per heavy atom. The van der Waals surface area contributed by atoms with E-state index in [0.717, 1.165) is 0 Å². The van der Waals surface area contributed by atoms with Gasteiger partial charge in [-0.3, -0.25) is 4.79 Å². The van der Waals surface area contributed by atoms with Crippen LogP contribution in [0.4, 0.5) is 4.39 Å². The van der Waals surface area contributed by atoms with Crippen molar-refractivity contribution in [2.24, 2.45) is 0 Å². The molecule has 0 fully saturated rings. The first-order chi connectivity index (χ1) is 6.37. The second kappa shape index (κ2) is 4.42. The summed E-state index contributed by atoms with van der Waals surface area (Å²) in [4.78, 5) is 10.8. The number of hydrogen-bond acceptors (Lipinski definition) is 1. The lowest BCUT2D eigenvalue weighted by Gasteiger charge is -2.07. The summed E-state index contributed by atoms with van der Waals surface area (Å²) in [6.45, 7) is 0. The zero-order valence-electron chi connectivity index (χ0n) is 6.18. The molecule has 14 heavy (non-hydrogen) atoms. The first-order valence-corrected chi connectivity index (χ1v) is 4.98. The number of rotatable bonds is 1. The smallest absolute Gasteiger partial charge is 0.255 e. The fourth-order valence-electron chi connectivity index (χ4n) is 0.777. The third-order valence-corrected chi connectivity index (χ3v) is 3.25. The SMILES string of the molecule is O=C(Cl)c1c(Cl)c(F)c(Cl)c(Cl)c1Cl. The fraction of sp³-hybridized carbons (Fsp3) is 0. The van der Waals surface area contributed by atoms with Crippen molar-refractivity contribution < 1.29 is 9.18 Å². The van der Waals surface area contributed by atoms with Crippen LogP contribution in [0.2, 0.25) is 20.1 Å². The Morgan fingerprint density at radius 3 is 1.86 bits per heavy atom. The molecular weight excluding hydrogens is 296 g/mol. The van der Waals surface area contributed by atoms with E-state index in [9.17, 15) is 9.18 Å². The predicted molar refractivity (Wildman–Crippen MR) is 56.6 cm³/mol. The van der Waals surface area contributed by atoms with E-state index in [2.05, 4.69) is 0 Å². The summed E-state index contributed by atoms with van der Waals surface area (Å²) in [7, 11) is 0. The molecule has 0 amide bonds. The molecule has 1 aromatic rings. The molecule has 0 atom stereocenters. The van der Waals surface area contributed by atoms with Crippen molar-refractivity contribution in [2.45, 2.75) is 0 Å². The van der Waals surface area contributed by atoms with Gasteiger partial charge in [0.1, 0.15) is 0 Å². The molecule has 1 rings (SSSR count). The summed E-state index contributed by atoms with van der Waals surface area (Å²) in [5, 5.41) is -2.53. The number of halogens is 6. The highest BCUT2D eigenvalue weighted by atomic mass is 35.5. The average Bonchev–Trinajstić information content (AvgIpc) is 2.11. The van der Waals surface area contributed by atoms with Crippen LogP contribution >= 0.6 is 58.0 Å². The highest BCUT2D eigenvalue weighted by Crippen LogP contribution is 2.40.